The van der Waals surface area contributed by atoms with E-state index in [2.05, 4.69) is 0 Å². The van der Waals surface area contributed by atoms with Gasteiger partial charge in [0.25, 0.3) is 11.2 Å². The topological polar surface area (TPSA) is 102 Å². The number of aromatic carboxylic acids is 1. The summed E-state index contributed by atoms with van der Waals surface area (Å²) in [5.74, 6) is -1.25. The van der Waals surface area contributed by atoms with E-state index >= 15 is 0 Å². The van der Waals surface area contributed by atoms with Crippen molar-refractivity contribution in [3.8, 4) is 11.3 Å². The molecule has 0 unspecified atom stereocenters. The summed E-state index contributed by atoms with van der Waals surface area (Å²) in [5.41, 5.74) is 0.383. The quantitative estimate of drug-likeness (QED) is 0.690. The molecular formula is C15H12N2O5. The van der Waals surface area contributed by atoms with Crippen molar-refractivity contribution in [2.24, 2.45) is 0 Å². The number of rotatable bonds is 4. The number of nitro groups is 1. The minimum absolute atomic E-state index is 0.00279. The molecule has 0 spiro atoms. The van der Waals surface area contributed by atoms with Gasteiger partial charge in [0.05, 0.1) is 10.6 Å². The fourth-order valence-corrected chi connectivity index (χ4v) is 2.40. The molecule has 1 heterocycles. The second kappa shape index (κ2) is 5.10. The van der Waals surface area contributed by atoms with Crippen molar-refractivity contribution < 1.29 is 14.8 Å². The monoisotopic (exact) mass is 300 g/mol. The molecule has 22 heavy (non-hydrogen) atoms. The number of benzene rings is 1. The highest BCUT2D eigenvalue weighted by molar-refractivity contribution is 5.87. The Labute approximate surface area is 124 Å². The standard InChI is InChI=1S/C15H12N2O5/c18-14-12(15(19)20)7-8-13(16(14)10-5-6-10)9-1-3-11(4-2-9)17(21)22/h1-4,7-8,10H,5-6H2,(H,19,20). The molecule has 1 N–H and O–H groups in total. The molecule has 7 heteroatoms. The maximum absolute atomic E-state index is 12.3. The van der Waals surface area contributed by atoms with Crippen molar-refractivity contribution in [3.63, 3.8) is 0 Å². The van der Waals surface area contributed by atoms with Crippen LogP contribution in [0.2, 0.25) is 0 Å². The summed E-state index contributed by atoms with van der Waals surface area (Å²) >= 11 is 0. The fraction of sp³-hybridized carbons (Fsp3) is 0.200. The average Bonchev–Trinajstić information content (AvgIpc) is 3.31. The van der Waals surface area contributed by atoms with Crippen LogP contribution in [0, 0.1) is 10.1 Å². The van der Waals surface area contributed by atoms with E-state index in [4.69, 9.17) is 5.11 Å². The Kier molecular flexibility index (Phi) is 3.25. The SMILES string of the molecule is O=C(O)c1ccc(-c2ccc([N+](=O)[O-])cc2)n(C2CC2)c1=O. The van der Waals surface area contributed by atoms with Gasteiger partial charge in [0.1, 0.15) is 5.56 Å². The minimum atomic E-state index is -1.25. The third-order valence-electron chi connectivity index (χ3n) is 3.63. The summed E-state index contributed by atoms with van der Waals surface area (Å²) in [6.45, 7) is 0. The van der Waals surface area contributed by atoms with E-state index in [1.807, 2.05) is 0 Å². The molecule has 1 aromatic carbocycles. The molecule has 0 radical (unpaired) electrons. The highest BCUT2D eigenvalue weighted by Crippen LogP contribution is 2.37. The molecule has 0 aliphatic heterocycles. The number of non-ortho nitro benzene ring substituents is 1. The molecule has 2 aromatic rings. The van der Waals surface area contributed by atoms with Gasteiger partial charge in [-0.1, -0.05) is 0 Å². The van der Waals surface area contributed by atoms with Crippen molar-refractivity contribution in [3.05, 3.63) is 62.4 Å². The molecule has 3 rings (SSSR count). The number of aromatic nitrogens is 1. The highest BCUT2D eigenvalue weighted by Gasteiger charge is 2.29. The molecule has 112 valence electrons. The maximum atomic E-state index is 12.3. The van der Waals surface area contributed by atoms with Gasteiger partial charge in [-0.05, 0) is 42.7 Å². The molecule has 1 aromatic heterocycles. The van der Waals surface area contributed by atoms with Crippen LogP contribution in [0.15, 0.2) is 41.2 Å². The largest absolute Gasteiger partial charge is 0.477 e. The summed E-state index contributed by atoms with van der Waals surface area (Å²) in [6.07, 6.45) is 1.64. The van der Waals surface area contributed by atoms with Crippen LogP contribution >= 0.6 is 0 Å². The van der Waals surface area contributed by atoms with Crippen molar-refractivity contribution in [1.82, 2.24) is 4.57 Å². The van der Waals surface area contributed by atoms with Gasteiger partial charge in [0, 0.05) is 18.2 Å². The molecule has 1 saturated carbocycles. The van der Waals surface area contributed by atoms with Crippen LogP contribution in [-0.2, 0) is 0 Å². The van der Waals surface area contributed by atoms with E-state index < -0.39 is 16.5 Å². The first-order valence-electron chi connectivity index (χ1n) is 6.72. The van der Waals surface area contributed by atoms with Gasteiger partial charge in [0.2, 0.25) is 0 Å². The number of hydrogen-bond acceptors (Lipinski definition) is 4. The Hall–Kier alpha value is -2.96. The lowest BCUT2D eigenvalue weighted by molar-refractivity contribution is -0.384. The molecule has 0 bridgehead atoms. The van der Waals surface area contributed by atoms with Crippen molar-refractivity contribution >= 4 is 11.7 Å². The first-order chi connectivity index (χ1) is 10.5. The van der Waals surface area contributed by atoms with Gasteiger partial charge in [-0.25, -0.2) is 4.79 Å². The molecule has 1 aliphatic rings. The Bertz CT molecular complexity index is 819. The van der Waals surface area contributed by atoms with Crippen LogP contribution in [0.5, 0.6) is 0 Å². The summed E-state index contributed by atoms with van der Waals surface area (Å²) in [7, 11) is 0. The van der Waals surface area contributed by atoms with Crippen molar-refractivity contribution in [2.75, 3.05) is 0 Å². The summed E-state index contributed by atoms with van der Waals surface area (Å²) < 4.78 is 1.48. The Morgan fingerprint density at radius 3 is 2.32 bits per heavy atom. The predicted molar refractivity (Wildman–Crippen MR) is 78.0 cm³/mol. The summed E-state index contributed by atoms with van der Waals surface area (Å²) in [4.78, 5) is 33.6. The summed E-state index contributed by atoms with van der Waals surface area (Å²) in [6, 6.07) is 8.70. The fourth-order valence-electron chi connectivity index (χ4n) is 2.40. The lowest BCUT2D eigenvalue weighted by Crippen LogP contribution is -2.26. The number of carbonyl (C=O) groups is 1. The van der Waals surface area contributed by atoms with E-state index in [1.165, 1.54) is 22.8 Å². The molecule has 0 saturated heterocycles. The van der Waals surface area contributed by atoms with Gasteiger partial charge < -0.3 is 9.67 Å². The van der Waals surface area contributed by atoms with Gasteiger partial charge in [0.15, 0.2) is 0 Å². The molecule has 0 amide bonds. The van der Waals surface area contributed by atoms with E-state index in [9.17, 15) is 19.7 Å². The minimum Gasteiger partial charge on any atom is -0.477 e. The lowest BCUT2D eigenvalue weighted by atomic mass is 10.1. The van der Waals surface area contributed by atoms with Gasteiger partial charge in [-0.15, -0.1) is 0 Å². The maximum Gasteiger partial charge on any atom is 0.341 e. The number of carboxylic acids is 1. The first-order valence-corrected chi connectivity index (χ1v) is 6.72. The Balaban J connectivity index is 2.14. The van der Waals surface area contributed by atoms with Gasteiger partial charge in [-0.3, -0.25) is 14.9 Å². The van der Waals surface area contributed by atoms with E-state index in [0.29, 0.717) is 11.3 Å². The van der Waals surface area contributed by atoms with Crippen molar-refractivity contribution in [1.29, 1.82) is 0 Å². The number of nitro benzene ring substituents is 1. The molecule has 1 fully saturated rings. The number of hydrogen-bond donors (Lipinski definition) is 1. The normalized spacial score (nSPS) is 13.8. The second-order valence-electron chi connectivity index (χ2n) is 5.15. The predicted octanol–water partition coefficient (Wildman–Crippen LogP) is 2.46. The molecule has 1 aliphatic carbocycles. The number of nitrogens with zero attached hydrogens (tertiary/aromatic N) is 2. The zero-order chi connectivity index (χ0) is 15.9. The first kappa shape index (κ1) is 14.0. The van der Waals surface area contributed by atoms with Crippen LogP contribution in [0.4, 0.5) is 5.69 Å². The van der Waals surface area contributed by atoms with E-state index in [0.717, 1.165) is 12.8 Å². The zero-order valence-electron chi connectivity index (χ0n) is 11.4. The Morgan fingerprint density at radius 1 is 1.18 bits per heavy atom. The Morgan fingerprint density at radius 2 is 1.82 bits per heavy atom. The molecule has 0 atom stereocenters. The third-order valence-corrected chi connectivity index (χ3v) is 3.63. The van der Waals surface area contributed by atoms with Crippen molar-refractivity contribution in [2.45, 2.75) is 18.9 Å². The molecular weight excluding hydrogens is 288 g/mol. The second-order valence-corrected chi connectivity index (χ2v) is 5.15. The lowest BCUT2D eigenvalue weighted by Gasteiger charge is -2.13. The number of carboxylic acid groups (broad SMARTS) is 1. The zero-order valence-corrected chi connectivity index (χ0v) is 11.4. The van der Waals surface area contributed by atoms with Gasteiger partial charge in [-0.2, -0.15) is 0 Å². The smallest absolute Gasteiger partial charge is 0.341 e. The van der Waals surface area contributed by atoms with Crippen LogP contribution in [0.25, 0.3) is 11.3 Å². The van der Waals surface area contributed by atoms with E-state index in [-0.39, 0.29) is 17.3 Å². The molecule has 7 nitrogen and oxygen atoms in total. The van der Waals surface area contributed by atoms with Crippen LogP contribution < -0.4 is 5.56 Å². The number of pyridine rings is 1. The third kappa shape index (κ3) is 2.37. The summed E-state index contributed by atoms with van der Waals surface area (Å²) in [5, 5.41) is 19.8. The average molecular weight is 300 g/mol. The van der Waals surface area contributed by atoms with Crippen LogP contribution in [0.3, 0.4) is 0 Å². The van der Waals surface area contributed by atoms with Crippen LogP contribution in [-0.4, -0.2) is 20.6 Å². The highest BCUT2D eigenvalue weighted by atomic mass is 16.6. The van der Waals surface area contributed by atoms with E-state index in [1.54, 1.807) is 18.2 Å². The van der Waals surface area contributed by atoms with Gasteiger partial charge >= 0.3 is 5.97 Å². The van der Waals surface area contributed by atoms with Crippen LogP contribution in [0.1, 0.15) is 29.2 Å².